The van der Waals surface area contributed by atoms with E-state index >= 15 is 0 Å². The standard InChI is InChI=1S/C19H20N4O2S/c1-14(2)25-17-10-6-7-15(11-17)12-20-23-18(21-22-19(23)26)13-24-16-8-4-3-5-9-16/h3-12,14H,13H2,1-2H3,(H,22,26)/b20-12-. The normalized spacial score (nSPS) is 11.2. The molecule has 2 aromatic carbocycles. The Hall–Kier alpha value is -2.93. The molecule has 0 fully saturated rings. The van der Waals surface area contributed by atoms with E-state index in [1.165, 1.54) is 0 Å². The smallest absolute Gasteiger partial charge is 0.216 e. The van der Waals surface area contributed by atoms with Gasteiger partial charge in [0.25, 0.3) is 0 Å². The molecule has 6 nitrogen and oxygen atoms in total. The molecule has 0 aliphatic carbocycles. The van der Waals surface area contributed by atoms with Gasteiger partial charge in [-0.1, -0.05) is 30.3 Å². The van der Waals surface area contributed by atoms with Crippen molar-refractivity contribution in [1.29, 1.82) is 0 Å². The molecule has 0 radical (unpaired) electrons. The minimum atomic E-state index is 0.117. The van der Waals surface area contributed by atoms with Crippen molar-refractivity contribution in [2.45, 2.75) is 26.6 Å². The van der Waals surface area contributed by atoms with Gasteiger partial charge < -0.3 is 9.47 Å². The van der Waals surface area contributed by atoms with Gasteiger partial charge >= 0.3 is 0 Å². The van der Waals surface area contributed by atoms with Gasteiger partial charge in [0.1, 0.15) is 18.1 Å². The summed E-state index contributed by atoms with van der Waals surface area (Å²) in [6, 6.07) is 17.2. The summed E-state index contributed by atoms with van der Waals surface area (Å²) < 4.78 is 13.4. The molecule has 0 aliphatic rings. The molecule has 0 atom stereocenters. The first-order chi connectivity index (χ1) is 12.6. The van der Waals surface area contributed by atoms with Crippen LogP contribution in [0.4, 0.5) is 0 Å². The van der Waals surface area contributed by atoms with Gasteiger partial charge in [-0.25, -0.2) is 5.10 Å². The molecule has 1 heterocycles. The van der Waals surface area contributed by atoms with Gasteiger partial charge in [0.2, 0.25) is 4.77 Å². The fraction of sp³-hybridized carbons (Fsp3) is 0.211. The minimum absolute atomic E-state index is 0.117. The van der Waals surface area contributed by atoms with Crippen molar-refractivity contribution in [1.82, 2.24) is 14.9 Å². The molecule has 1 N–H and O–H groups in total. The number of nitrogens with one attached hydrogen (secondary N) is 1. The Kier molecular flexibility index (Phi) is 5.80. The first-order valence-corrected chi connectivity index (χ1v) is 8.68. The topological polar surface area (TPSA) is 64.4 Å². The maximum absolute atomic E-state index is 5.72. The van der Waals surface area contributed by atoms with Crippen LogP contribution in [0, 0.1) is 4.77 Å². The lowest BCUT2D eigenvalue weighted by molar-refractivity contribution is 0.242. The van der Waals surface area contributed by atoms with Gasteiger partial charge in [0, 0.05) is 0 Å². The molecule has 0 saturated carbocycles. The largest absolute Gasteiger partial charge is 0.491 e. The third-order valence-corrected chi connectivity index (χ3v) is 3.64. The van der Waals surface area contributed by atoms with Crippen LogP contribution in [0.25, 0.3) is 0 Å². The van der Waals surface area contributed by atoms with E-state index in [-0.39, 0.29) is 12.7 Å². The van der Waals surface area contributed by atoms with Crippen LogP contribution in [0.1, 0.15) is 25.2 Å². The van der Waals surface area contributed by atoms with Crippen LogP contribution in [0.3, 0.4) is 0 Å². The summed E-state index contributed by atoms with van der Waals surface area (Å²) in [5.41, 5.74) is 0.904. The number of aromatic nitrogens is 3. The number of aromatic amines is 1. The first-order valence-electron chi connectivity index (χ1n) is 8.27. The maximum atomic E-state index is 5.72. The van der Waals surface area contributed by atoms with E-state index in [0.717, 1.165) is 17.1 Å². The average Bonchev–Trinajstić information content (AvgIpc) is 2.98. The number of rotatable bonds is 7. The molecule has 0 spiro atoms. The predicted molar refractivity (Wildman–Crippen MR) is 103 cm³/mol. The average molecular weight is 368 g/mol. The summed E-state index contributed by atoms with van der Waals surface area (Å²) in [5, 5.41) is 11.4. The van der Waals surface area contributed by atoms with Crippen molar-refractivity contribution in [2.24, 2.45) is 5.10 Å². The van der Waals surface area contributed by atoms with Crippen molar-refractivity contribution >= 4 is 18.4 Å². The number of ether oxygens (including phenoxy) is 2. The minimum Gasteiger partial charge on any atom is -0.491 e. The second-order valence-electron chi connectivity index (χ2n) is 5.84. The highest BCUT2D eigenvalue weighted by atomic mass is 32.1. The third-order valence-electron chi connectivity index (χ3n) is 3.38. The van der Waals surface area contributed by atoms with Crippen molar-refractivity contribution in [2.75, 3.05) is 0 Å². The molecule has 0 aliphatic heterocycles. The summed E-state index contributed by atoms with van der Waals surface area (Å²) in [6.07, 6.45) is 1.83. The highest BCUT2D eigenvalue weighted by Gasteiger charge is 2.06. The molecule has 7 heteroatoms. The van der Waals surface area contributed by atoms with Crippen LogP contribution < -0.4 is 9.47 Å². The van der Waals surface area contributed by atoms with E-state index in [1.807, 2.05) is 68.4 Å². The van der Waals surface area contributed by atoms with Gasteiger partial charge in [0.15, 0.2) is 5.82 Å². The quantitative estimate of drug-likeness (QED) is 0.502. The van der Waals surface area contributed by atoms with Crippen LogP contribution in [0.5, 0.6) is 11.5 Å². The SMILES string of the molecule is CC(C)Oc1cccc(/C=N\n2c(COc3ccccc3)n[nH]c2=S)c1. The van der Waals surface area contributed by atoms with E-state index in [2.05, 4.69) is 15.3 Å². The molecule has 0 bridgehead atoms. The number of para-hydroxylation sites is 1. The van der Waals surface area contributed by atoms with Crippen LogP contribution in [-0.2, 0) is 6.61 Å². The van der Waals surface area contributed by atoms with Crippen LogP contribution in [0.2, 0.25) is 0 Å². The monoisotopic (exact) mass is 368 g/mol. The van der Waals surface area contributed by atoms with Crippen molar-refractivity contribution in [3.8, 4) is 11.5 Å². The number of H-pyrrole nitrogens is 1. The van der Waals surface area contributed by atoms with E-state index in [0.29, 0.717) is 10.6 Å². The van der Waals surface area contributed by atoms with E-state index in [4.69, 9.17) is 21.7 Å². The number of hydrogen-bond donors (Lipinski definition) is 1. The van der Waals surface area contributed by atoms with Gasteiger partial charge in [0.05, 0.1) is 12.3 Å². The molecule has 0 amide bonds. The van der Waals surface area contributed by atoms with Crippen LogP contribution >= 0.6 is 12.2 Å². The lowest BCUT2D eigenvalue weighted by Crippen LogP contribution is -2.06. The van der Waals surface area contributed by atoms with E-state index < -0.39 is 0 Å². The zero-order chi connectivity index (χ0) is 18.4. The molecule has 134 valence electrons. The van der Waals surface area contributed by atoms with Crippen molar-refractivity contribution in [3.05, 3.63) is 70.8 Å². The summed E-state index contributed by atoms with van der Waals surface area (Å²) in [6.45, 7) is 4.24. The fourth-order valence-corrected chi connectivity index (χ4v) is 2.46. The van der Waals surface area contributed by atoms with Gasteiger partial charge in [-0.3, -0.25) is 0 Å². The number of benzene rings is 2. The summed E-state index contributed by atoms with van der Waals surface area (Å²) in [7, 11) is 0. The van der Waals surface area contributed by atoms with Gasteiger partial charge in [-0.2, -0.15) is 14.9 Å². The number of nitrogens with zero attached hydrogens (tertiary/aromatic N) is 3. The van der Waals surface area contributed by atoms with Crippen LogP contribution in [0.15, 0.2) is 59.7 Å². The molecule has 0 unspecified atom stereocenters. The summed E-state index contributed by atoms with van der Waals surface area (Å²) in [4.78, 5) is 0. The fourth-order valence-electron chi connectivity index (χ4n) is 2.27. The molecule has 26 heavy (non-hydrogen) atoms. The summed E-state index contributed by atoms with van der Waals surface area (Å²) in [5.74, 6) is 2.15. The lowest BCUT2D eigenvalue weighted by atomic mass is 10.2. The Morgan fingerprint density at radius 2 is 1.92 bits per heavy atom. The second-order valence-corrected chi connectivity index (χ2v) is 6.23. The second kappa shape index (κ2) is 8.44. The Balaban J connectivity index is 1.74. The maximum Gasteiger partial charge on any atom is 0.216 e. The zero-order valence-electron chi connectivity index (χ0n) is 14.6. The van der Waals surface area contributed by atoms with Gasteiger partial charge in [-0.15, -0.1) is 0 Å². The predicted octanol–water partition coefficient (Wildman–Crippen LogP) is 4.19. The Morgan fingerprint density at radius 3 is 2.69 bits per heavy atom. The highest BCUT2D eigenvalue weighted by molar-refractivity contribution is 7.71. The molecular weight excluding hydrogens is 348 g/mol. The molecule has 3 rings (SSSR count). The Bertz CT molecular complexity index is 932. The van der Waals surface area contributed by atoms with Crippen LogP contribution in [-0.4, -0.2) is 27.2 Å². The summed E-state index contributed by atoms with van der Waals surface area (Å²) >= 11 is 5.25. The van der Waals surface area contributed by atoms with Crippen molar-refractivity contribution in [3.63, 3.8) is 0 Å². The Labute approximate surface area is 157 Å². The van der Waals surface area contributed by atoms with E-state index in [9.17, 15) is 0 Å². The number of hydrogen-bond acceptors (Lipinski definition) is 5. The Morgan fingerprint density at radius 1 is 1.15 bits per heavy atom. The molecule has 3 aromatic rings. The molecule has 0 saturated heterocycles. The van der Waals surface area contributed by atoms with Gasteiger partial charge in [-0.05, 0) is 55.9 Å². The van der Waals surface area contributed by atoms with Crippen molar-refractivity contribution < 1.29 is 9.47 Å². The first kappa shape index (κ1) is 17.9. The zero-order valence-corrected chi connectivity index (χ0v) is 15.4. The third kappa shape index (κ3) is 4.80. The highest BCUT2D eigenvalue weighted by Crippen LogP contribution is 2.14. The van der Waals surface area contributed by atoms with E-state index in [1.54, 1.807) is 10.9 Å². The molecule has 1 aromatic heterocycles. The molecular formula is C19H20N4O2S. The lowest BCUT2D eigenvalue weighted by Gasteiger charge is -2.09.